The molecular formula is C8H14N3O. The lowest BCUT2D eigenvalue weighted by atomic mass is 10.0. The Bertz CT molecular complexity index is 249. The van der Waals surface area contributed by atoms with E-state index in [-0.39, 0.29) is 0 Å². The van der Waals surface area contributed by atoms with Gasteiger partial charge in [0.1, 0.15) is 0 Å². The van der Waals surface area contributed by atoms with Crippen LogP contribution in [0.15, 0.2) is 6.20 Å². The summed E-state index contributed by atoms with van der Waals surface area (Å²) in [5.74, 6) is 0. The predicted octanol–water partition coefficient (Wildman–Crippen LogP) is 0.621. The number of hydrogen-bond acceptors (Lipinski definition) is 3. The first kappa shape index (κ1) is 9.19. The van der Waals surface area contributed by atoms with Crippen molar-refractivity contribution in [1.82, 2.24) is 15.0 Å². The van der Waals surface area contributed by atoms with Gasteiger partial charge in [-0.25, -0.2) is 0 Å². The van der Waals surface area contributed by atoms with Gasteiger partial charge in [0.15, 0.2) is 0 Å². The molecule has 4 nitrogen and oxygen atoms in total. The molecule has 0 unspecified atom stereocenters. The summed E-state index contributed by atoms with van der Waals surface area (Å²) in [6, 6.07) is 0. The van der Waals surface area contributed by atoms with Crippen molar-refractivity contribution in [3.8, 4) is 0 Å². The zero-order valence-corrected chi connectivity index (χ0v) is 7.49. The highest BCUT2D eigenvalue weighted by Gasteiger charge is 2.12. The largest absolute Gasteiger partial charge is 0.390 e. The van der Waals surface area contributed by atoms with Gasteiger partial charge in [0, 0.05) is 6.20 Å². The summed E-state index contributed by atoms with van der Waals surface area (Å²) in [7, 11) is 3.57. The van der Waals surface area contributed by atoms with Gasteiger partial charge >= 0.3 is 0 Å². The minimum Gasteiger partial charge on any atom is -0.390 e. The van der Waals surface area contributed by atoms with Gasteiger partial charge in [-0.05, 0) is 26.7 Å². The fraction of sp³-hybridized carbons (Fsp3) is 0.625. The van der Waals surface area contributed by atoms with Crippen LogP contribution in [0.3, 0.4) is 0 Å². The molecule has 0 fully saturated rings. The Morgan fingerprint density at radius 3 is 2.75 bits per heavy atom. The molecule has 1 aromatic rings. The summed E-state index contributed by atoms with van der Waals surface area (Å²) in [5, 5.41) is 17.0. The highest BCUT2D eigenvalue weighted by atomic mass is 16.3. The maximum Gasteiger partial charge on any atom is 0.0828 e. The van der Waals surface area contributed by atoms with Gasteiger partial charge in [0.2, 0.25) is 0 Å². The standard InChI is InChI=1S/C8H14N3O/c1-8(2,12)5-4-7-6-11(3)10-9-7/h6,12H,3-5H2,1-2H3. The minimum atomic E-state index is -0.634. The van der Waals surface area contributed by atoms with Gasteiger partial charge in [0.05, 0.1) is 18.3 Å². The Morgan fingerprint density at radius 2 is 2.33 bits per heavy atom. The van der Waals surface area contributed by atoms with Crippen molar-refractivity contribution in [2.24, 2.45) is 0 Å². The maximum absolute atomic E-state index is 9.42. The zero-order chi connectivity index (χ0) is 9.19. The summed E-state index contributed by atoms with van der Waals surface area (Å²) in [6.45, 7) is 3.56. The van der Waals surface area contributed by atoms with E-state index in [0.717, 1.165) is 12.1 Å². The van der Waals surface area contributed by atoms with Crippen LogP contribution in [-0.2, 0) is 6.42 Å². The molecule has 0 amide bonds. The lowest BCUT2D eigenvalue weighted by molar-refractivity contribution is 0.0711. The summed E-state index contributed by atoms with van der Waals surface area (Å²) in [4.78, 5) is 0. The van der Waals surface area contributed by atoms with Gasteiger partial charge in [-0.15, -0.1) is 5.10 Å². The lowest BCUT2D eigenvalue weighted by Gasteiger charge is -2.15. The topological polar surface area (TPSA) is 50.9 Å². The summed E-state index contributed by atoms with van der Waals surface area (Å²) in [6.07, 6.45) is 3.18. The van der Waals surface area contributed by atoms with Crippen molar-refractivity contribution in [2.45, 2.75) is 32.3 Å². The third kappa shape index (κ3) is 3.00. The molecule has 1 aromatic heterocycles. The number of rotatable bonds is 3. The van der Waals surface area contributed by atoms with E-state index in [4.69, 9.17) is 0 Å². The molecule has 0 aliphatic heterocycles. The molecule has 67 valence electrons. The van der Waals surface area contributed by atoms with E-state index < -0.39 is 5.60 Å². The minimum absolute atomic E-state index is 0.634. The van der Waals surface area contributed by atoms with Crippen LogP contribution in [0, 0.1) is 7.05 Å². The van der Waals surface area contributed by atoms with Crippen molar-refractivity contribution >= 4 is 0 Å². The van der Waals surface area contributed by atoms with Gasteiger partial charge < -0.3 is 5.11 Å². The summed E-state index contributed by atoms with van der Waals surface area (Å²) >= 11 is 0. The van der Waals surface area contributed by atoms with Crippen LogP contribution in [0.5, 0.6) is 0 Å². The molecule has 12 heavy (non-hydrogen) atoms. The monoisotopic (exact) mass is 168 g/mol. The molecule has 4 heteroatoms. The van der Waals surface area contributed by atoms with Gasteiger partial charge in [-0.1, -0.05) is 5.21 Å². The van der Waals surface area contributed by atoms with E-state index in [0.29, 0.717) is 6.42 Å². The normalized spacial score (nSPS) is 12.0. The van der Waals surface area contributed by atoms with E-state index in [2.05, 4.69) is 17.4 Å². The smallest absolute Gasteiger partial charge is 0.0828 e. The van der Waals surface area contributed by atoms with Gasteiger partial charge in [-0.3, -0.25) is 4.68 Å². The second-order valence-corrected chi connectivity index (χ2v) is 3.56. The Labute approximate surface area is 72.2 Å². The molecule has 1 rings (SSSR count). The van der Waals surface area contributed by atoms with E-state index in [1.54, 1.807) is 20.0 Å². The number of aliphatic hydroxyl groups is 1. The molecule has 0 spiro atoms. The molecule has 0 aliphatic carbocycles. The Balaban J connectivity index is 2.44. The Kier molecular flexibility index (Phi) is 2.47. The highest BCUT2D eigenvalue weighted by Crippen LogP contribution is 2.10. The van der Waals surface area contributed by atoms with Gasteiger partial charge in [0.25, 0.3) is 0 Å². The fourth-order valence-electron chi connectivity index (χ4n) is 0.887. The van der Waals surface area contributed by atoms with Crippen LogP contribution in [-0.4, -0.2) is 25.7 Å². The molecule has 1 N–H and O–H groups in total. The molecule has 0 aliphatic rings. The van der Waals surface area contributed by atoms with Crippen LogP contribution in [0.4, 0.5) is 0 Å². The molecule has 1 radical (unpaired) electrons. The van der Waals surface area contributed by atoms with Crippen molar-refractivity contribution in [3.63, 3.8) is 0 Å². The fourth-order valence-corrected chi connectivity index (χ4v) is 0.887. The van der Waals surface area contributed by atoms with Crippen LogP contribution in [0.2, 0.25) is 0 Å². The van der Waals surface area contributed by atoms with E-state index in [1.807, 2.05) is 0 Å². The van der Waals surface area contributed by atoms with Gasteiger partial charge in [-0.2, -0.15) is 0 Å². The number of nitrogens with zero attached hydrogens (tertiary/aromatic N) is 3. The third-order valence-electron chi connectivity index (χ3n) is 1.58. The van der Waals surface area contributed by atoms with Crippen LogP contribution in [0.25, 0.3) is 0 Å². The molecular weight excluding hydrogens is 154 g/mol. The second-order valence-electron chi connectivity index (χ2n) is 3.56. The first-order valence-corrected chi connectivity index (χ1v) is 3.92. The van der Waals surface area contributed by atoms with Crippen LogP contribution >= 0.6 is 0 Å². The van der Waals surface area contributed by atoms with Crippen molar-refractivity contribution < 1.29 is 5.11 Å². The Hall–Kier alpha value is -0.900. The molecule has 1 heterocycles. The molecule has 0 bridgehead atoms. The average Bonchev–Trinajstić information content (AvgIpc) is 2.30. The van der Waals surface area contributed by atoms with Crippen molar-refractivity contribution in [2.75, 3.05) is 0 Å². The quantitative estimate of drug-likeness (QED) is 0.719. The number of aryl methyl sites for hydroxylation is 1. The van der Waals surface area contributed by atoms with Crippen molar-refractivity contribution in [1.29, 1.82) is 0 Å². The maximum atomic E-state index is 9.42. The molecule has 0 saturated carbocycles. The summed E-state index contributed by atoms with van der Waals surface area (Å²) in [5.41, 5.74) is 0.234. The van der Waals surface area contributed by atoms with Crippen LogP contribution < -0.4 is 0 Å². The number of aromatic nitrogens is 3. The molecule has 0 aromatic carbocycles. The van der Waals surface area contributed by atoms with E-state index >= 15 is 0 Å². The SMILES string of the molecule is [CH2]n1cc(CCC(C)(C)O)nn1. The number of hydrogen-bond donors (Lipinski definition) is 1. The highest BCUT2D eigenvalue weighted by molar-refractivity contribution is 4.94. The predicted molar refractivity (Wildman–Crippen MR) is 45.4 cm³/mol. The van der Waals surface area contributed by atoms with Crippen LogP contribution in [0.1, 0.15) is 26.0 Å². The third-order valence-corrected chi connectivity index (χ3v) is 1.58. The van der Waals surface area contributed by atoms with Crippen molar-refractivity contribution in [3.05, 3.63) is 18.9 Å². The van der Waals surface area contributed by atoms with E-state index in [1.165, 1.54) is 4.68 Å². The first-order chi connectivity index (χ1) is 5.47. The molecule has 0 saturated heterocycles. The lowest BCUT2D eigenvalue weighted by Crippen LogP contribution is -2.19. The Morgan fingerprint density at radius 1 is 1.67 bits per heavy atom. The second kappa shape index (κ2) is 3.23. The van der Waals surface area contributed by atoms with E-state index in [9.17, 15) is 5.11 Å². The summed E-state index contributed by atoms with van der Waals surface area (Å²) < 4.78 is 1.42. The zero-order valence-electron chi connectivity index (χ0n) is 7.49. The average molecular weight is 168 g/mol. The first-order valence-electron chi connectivity index (χ1n) is 3.92. The molecule has 0 atom stereocenters.